The second-order valence-corrected chi connectivity index (χ2v) is 13.7. The minimum Gasteiger partial charge on any atom is -0.352 e. The van der Waals surface area contributed by atoms with Gasteiger partial charge in [0.2, 0.25) is 11.8 Å². The number of carbonyl (C=O) groups excluding carboxylic acids is 2. The zero-order chi connectivity index (χ0) is 31.7. The molecule has 10 heteroatoms. The van der Waals surface area contributed by atoms with Crippen LogP contribution in [0.15, 0.2) is 119 Å². The van der Waals surface area contributed by atoms with Crippen molar-refractivity contribution in [3.8, 4) is 0 Å². The third kappa shape index (κ3) is 8.71. The van der Waals surface area contributed by atoms with E-state index in [1.807, 2.05) is 68.4 Å². The monoisotopic (exact) mass is 695 g/mol. The average molecular weight is 697 g/mol. The van der Waals surface area contributed by atoms with Gasteiger partial charge < -0.3 is 10.2 Å². The molecule has 0 aliphatic carbocycles. The van der Waals surface area contributed by atoms with Crippen molar-refractivity contribution in [2.24, 2.45) is 0 Å². The lowest BCUT2D eigenvalue weighted by atomic mass is 10.0. The first-order chi connectivity index (χ1) is 21.1. The van der Waals surface area contributed by atoms with Crippen LogP contribution in [0.25, 0.3) is 0 Å². The van der Waals surface area contributed by atoms with Crippen LogP contribution in [0, 0.1) is 0 Å². The molecule has 0 aliphatic heterocycles. The summed E-state index contributed by atoms with van der Waals surface area (Å²) in [5.41, 5.74) is 1.99. The molecule has 0 aliphatic rings. The first kappa shape index (κ1) is 33.2. The molecular formula is C34H35BrClN3O4S. The normalized spacial score (nSPS) is 12.6. The highest BCUT2D eigenvalue weighted by molar-refractivity contribution is 9.10. The SMILES string of the molecule is CC[C@@H](C)NC(=O)[C@H](Cc1ccccc1)N(Cc1ccc(Br)cc1)C(=O)CN(c1ccccc1)S(=O)(=O)c1ccc(Cl)cc1. The van der Waals surface area contributed by atoms with Gasteiger partial charge in [0, 0.05) is 28.5 Å². The predicted octanol–water partition coefficient (Wildman–Crippen LogP) is 6.85. The maximum absolute atomic E-state index is 14.4. The Morgan fingerprint density at radius 3 is 2.02 bits per heavy atom. The Hall–Kier alpha value is -3.66. The number of rotatable bonds is 13. The van der Waals surface area contributed by atoms with E-state index in [1.165, 1.54) is 29.2 Å². The fraction of sp³-hybridized carbons (Fsp3) is 0.235. The third-order valence-corrected chi connectivity index (χ3v) is 9.83. The Labute approximate surface area is 273 Å². The summed E-state index contributed by atoms with van der Waals surface area (Å²) in [5.74, 6) is -0.824. The fourth-order valence-electron chi connectivity index (χ4n) is 4.64. The van der Waals surface area contributed by atoms with Crippen LogP contribution in [0.3, 0.4) is 0 Å². The molecule has 44 heavy (non-hydrogen) atoms. The largest absolute Gasteiger partial charge is 0.352 e. The van der Waals surface area contributed by atoms with Gasteiger partial charge in [0.05, 0.1) is 10.6 Å². The number of nitrogens with one attached hydrogen (secondary N) is 1. The van der Waals surface area contributed by atoms with Crippen LogP contribution in [0.2, 0.25) is 5.02 Å². The van der Waals surface area contributed by atoms with Gasteiger partial charge in [0.1, 0.15) is 12.6 Å². The maximum atomic E-state index is 14.4. The summed E-state index contributed by atoms with van der Waals surface area (Å²) in [6.45, 7) is 3.46. The summed E-state index contributed by atoms with van der Waals surface area (Å²) in [4.78, 5) is 29.8. The van der Waals surface area contributed by atoms with Gasteiger partial charge in [-0.15, -0.1) is 0 Å². The Morgan fingerprint density at radius 1 is 0.841 bits per heavy atom. The van der Waals surface area contributed by atoms with Crippen molar-refractivity contribution in [3.63, 3.8) is 0 Å². The van der Waals surface area contributed by atoms with E-state index in [2.05, 4.69) is 21.2 Å². The van der Waals surface area contributed by atoms with Crippen molar-refractivity contribution in [3.05, 3.63) is 130 Å². The van der Waals surface area contributed by atoms with Crippen LogP contribution in [0.4, 0.5) is 5.69 Å². The summed E-state index contributed by atoms with van der Waals surface area (Å²) >= 11 is 9.49. The van der Waals surface area contributed by atoms with Crippen LogP contribution >= 0.6 is 27.5 Å². The van der Waals surface area contributed by atoms with E-state index in [9.17, 15) is 18.0 Å². The standard InChI is InChI=1S/C34H35BrClN3O4S/c1-3-25(2)37-34(41)32(22-26-10-6-4-7-11-26)38(23-27-14-16-28(35)17-15-27)33(40)24-39(30-12-8-5-9-13-30)44(42,43)31-20-18-29(36)19-21-31/h4-21,25,32H,3,22-24H2,1-2H3,(H,37,41)/t25-,32+/m1/s1. The molecule has 0 radical (unpaired) electrons. The van der Waals surface area contributed by atoms with Crippen LogP contribution in [-0.4, -0.2) is 43.8 Å². The van der Waals surface area contributed by atoms with Crippen molar-refractivity contribution < 1.29 is 18.0 Å². The van der Waals surface area contributed by atoms with Gasteiger partial charge in [-0.05, 0) is 73.0 Å². The highest BCUT2D eigenvalue weighted by Crippen LogP contribution is 2.26. The van der Waals surface area contributed by atoms with Gasteiger partial charge in [-0.1, -0.05) is 95.1 Å². The van der Waals surface area contributed by atoms with E-state index < -0.39 is 28.5 Å². The van der Waals surface area contributed by atoms with Gasteiger partial charge in [-0.3, -0.25) is 13.9 Å². The van der Waals surface area contributed by atoms with Gasteiger partial charge >= 0.3 is 0 Å². The van der Waals surface area contributed by atoms with Gasteiger partial charge in [-0.25, -0.2) is 8.42 Å². The van der Waals surface area contributed by atoms with Crippen molar-refractivity contribution >= 4 is 55.1 Å². The molecule has 0 bridgehead atoms. The van der Waals surface area contributed by atoms with Crippen LogP contribution in [0.5, 0.6) is 0 Å². The number of amides is 2. The number of benzene rings is 4. The number of hydrogen-bond acceptors (Lipinski definition) is 4. The smallest absolute Gasteiger partial charge is 0.264 e. The summed E-state index contributed by atoms with van der Waals surface area (Å²) in [6.07, 6.45) is 0.965. The van der Waals surface area contributed by atoms with E-state index >= 15 is 0 Å². The predicted molar refractivity (Wildman–Crippen MR) is 179 cm³/mol. The summed E-state index contributed by atoms with van der Waals surface area (Å²) in [6, 6.07) is 30.2. The van der Waals surface area contributed by atoms with Gasteiger partial charge in [-0.2, -0.15) is 0 Å². The minimum absolute atomic E-state index is 0.00615. The highest BCUT2D eigenvalue weighted by Gasteiger charge is 2.35. The molecule has 0 saturated carbocycles. The quantitative estimate of drug-likeness (QED) is 0.166. The number of nitrogens with zero attached hydrogens (tertiary/aromatic N) is 2. The average Bonchev–Trinajstić information content (AvgIpc) is 3.03. The lowest BCUT2D eigenvalue weighted by molar-refractivity contribution is -0.140. The molecule has 0 unspecified atom stereocenters. The molecule has 2 atom stereocenters. The lowest BCUT2D eigenvalue weighted by Gasteiger charge is -2.34. The molecule has 0 fully saturated rings. The second kappa shape index (κ2) is 15.4. The molecule has 2 amide bonds. The van der Waals surface area contributed by atoms with E-state index in [-0.39, 0.29) is 29.8 Å². The maximum Gasteiger partial charge on any atom is 0.264 e. The zero-order valence-electron chi connectivity index (χ0n) is 24.6. The van der Waals surface area contributed by atoms with Crippen molar-refractivity contribution in [2.75, 3.05) is 10.8 Å². The van der Waals surface area contributed by atoms with E-state index in [0.29, 0.717) is 17.1 Å². The Kier molecular flexibility index (Phi) is 11.6. The number of anilines is 1. The van der Waals surface area contributed by atoms with Crippen molar-refractivity contribution in [1.29, 1.82) is 0 Å². The summed E-state index contributed by atoms with van der Waals surface area (Å²) in [5, 5.41) is 3.43. The second-order valence-electron chi connectivity index (χ2n) is 10.5. The van der Waals surface area contributed by atoms with Crippen LogP contribution in [-0.2, 0) is 32.6 Å². The van der Waals surface area contributed by atoms with Crippen LogP contribution in [0.1, 0.15) is 31.4 Å². The first-order valence-corrected chi connectivity index (χ1v) is 16.9. The molecular weight excluding hydrogens is 662 g/mol. The molecule has 4 aromatic rings. The number of sulfonamides is 1. The first-order valence-electron chi connectivity index (χ1n) is 14.3. The number of hydrogen-bond donors (Lipinski definition) is 1. The van der Waals surface area contributed by atoms with Crippen molar-refractivity contribution in [2.45, 2.75) is 50.2 Å². The Balaban J connectivity index is 1.78. The summed E-state index contributed by atoms with van der Waals surface area (Å²) in [7, 11) is -4.19. The zero-order valence-corrected chi connectivity index (χ0v) is 27.7. The van der Waals surface area contributed by atoms with Crippen LogP contribution < -0.4 is 9.62 Å². The van der Waals surface area contributed by atoms with Gasteiger partial charge in [0.25, 0.3) is 10.0 Å². The molecule has 0 spiro atoms. The topological polar surface area (TPSA) is 86.8 Å². The molecule has 4 aromatic carbocycles. The molecule has 230 valence electrons. The lowest BCUT2D eigenvalue weighted by Crippen LogP contribution is -2.54. The number of para-hydroxylation sites is 1. The molecule has 0 aromatic heterocycles. The third-order valence-electron chi connectivity index (χ3n) is 7.26. The van der Waals surface area contributed by atoms with E-state index in [0.717, 1.165) is 19.9 Å². The summed E-state index contributed by atoms with van der Waals surface area (Å²) < 4.78 is 30.0. The van der Waals surface area contributed by atoms with E-state index in [4.69, 9.17) is 11.6 Å². The minimum atomic E-state index is -4.19. The molecule has 0 heterocycles. The molecule has 0 saturated heterocycles. The molecule has 4 rings (SSSR count). The molecule has 7 nitrogen and oxygen atoms in total. The van der Waals surface area contributed by atoms with Crippen molar-refractivity contribution in [1.82, 2.24) is 10.2 Å². The fourth-order valence-corrected chi connectivity index (χ4v) is 6.44. The number of halogens is 2. The highest BCUT2D eigenvalue weighted by atomic mass is 79.9. The Morgan fingerprint density at radius 2 is 1.43 bits per heavy atom. The van der Waals surface area contributed by atoms with Gasteiger partial charge in [0.15, 0.2) is 0 Å². The number of carbonyl (C=O) groups is 2. The van der Waals surface area contributed by atoms with E-state index in [1.54, 1.807) is 30.3 Å². The Bertz CT molecular complexity index is 1640. The molecule has 1 N–H and O–H groups in total.